The lowest BCUT2D eigenvalue weighted by Crippen LogP contribution is -2.30. The average Bonchev–Trinajstić information content (AvgIpc) is 2.58. The van der Waals surface area contributed by atoms with E-state index in [1.807, 2.05) is 0 Å². The molecule has 8 heteroatoms. The Morgan fingerprint density at radius 1 is 1.15 bits per heavy atom. The number of aromatic nitrogens is 2. The standard InChI is InChI=1S/C18H14F3N3O2/c1-11-17(26)24(15-8-3-2-7-14(15)22-11)10-16(25)23-13-6-4-5-12(9-13)18(19,20)21/h2-9H,10H2,1H3,(H,23,25). The van der Waals surface area contributed by atoms with Gasteiger partial charge in [-0.3, -0.25) is 14.2 Å². The summed E-state index contributed by atoms with van der Waals surface area (Å²) >= 11 is 0. The van der Waals surface area contributed by atoms with Crippen LogP contribution in [-0.2, 0) is 17.5 Å². The third kappa shape index (κ3) is 3.58. The average molecular weight is 361 g/mol. The summed E-state index contributed by atoms with van der Waals surface area (Å²) in [6, 6.07) is 11.1. The Hall–Kier alpha value is -3.16. The van der Waals surface area contributed by atoms with E-state index in [1.54, 1.807) is 24.3 Å². The number of hydrogen-bond donors (Lipinski definition) is 1. The number of nitrogens with zero attached hydrogens (tertiary/aromatic N) is 2. The third-order valence-corrected chi connectivity index (χ3v) is 3.79. The molecule has 0 atom stereocenters. The summed E-state index contributed by atoms with van der Waals surface area (Å²) in [6.45, 7) is 1.20. The molecular weight excluding hydrogens is 347 g/mol. The summed E-state index contributed by atoms with van der Waals surface area (Å²) in [5.41, 5.74) is -0.0251. The van der Waals surface area contributed by atoms with Crippen molar-refractivity contribution >= 4 is 22.6 Å². The molecule has 3 rings (SSSR count). The summed E-state index contributed by atoms with van der Waals surface area (Å²) in [5, 5.41) is 2.40. The number of anilines is 1. The van der Waals surface area contributed by atoms with E-state index in [1.165, 1.54) is 23.6 Å². The predicted molar refractivity (Wildman–Crippen MR) is 90.8 cm³/mol. The fourth-order valence-corrected chi connectivity index (χ4v) is 2.59. The van der Waals surface area contributed by atoms with E-state index in [9.17, 15) is 22.8 Å². The normalized spacial score (nSPS) is 11.5. The number of para-hydroxylation sites is 2. The predicted octanol–water partition coefficient (Wildman–Crippen LogP) is 3.36. The lowest BCUT2D eigenvalue weighted by molar-refractivity contribution is -0.137. The van der Waals surface area contributed by atoms with Crippen molar-refractivity contribution in [2.24, 2.45) is 0 Å². The maximum Gasteiger partial charge on any atom is 0.416 e. The van der Waals surface area contributed by atoms with E-state index in [0.717, 1.165) is 12.1 Å². The molecule has 134 valence electrons. The molecule has 0 unspecified atom stereocenters. The van der Waals surface area contributed by atoms with Gasteiger partial charge in [-0.15, -0.1) is 0 Å². The molecule has 0 fully saturated rings. The lowest BCUT2D eigenvalue weighted by atomic mass is 10.2. The highest BCUT2D eigenvalue weighted by atomic mass is 19.4. The second-order valence-corrected chi connectivity index (χ2v) is 5.70. The first-order chi connectivity index (χ1) is 12.3. The molecule has 3 aromatic rings. The third-order valence-electron chi connectivity index (χ3n) is 3.79. The number of carbonyl (C=O) groups is 1. The van der Waals surface area contributed by atoms with Gasteiger partial charge in [0.1, 0.15) is 12.2 Å². The van der Waals surface area contributed by atoms with Gasteiger partial charge in [-0.2, -0.15) is 13.2 Å². The molecule has 26 heavy (non-hydrogen) atoms. The van der Waals surface area contributed by atoms with Crippen LogP contribution in [0.5, 0.6) is 0 Å². The molecule has 0 aliphatic rings. The minimum atomic E-state index is -4.50. The Morgan fingerprint density at radius 3 is 2.62 bits per heavy atom. The Bertz CT molecular complexity index is 1040. The van der Waals surface area contributed by atoms with Crippen LogP contribution in [0.1, 0.15) is 11.3 Å². The minimum absolute atomic E-state index is 0.00737. The number of carbonyl (C=O) groups excluding carboxylic acids is 1. The molecule has 5 nitrogen and oxygen atoms in total. The van der Waals surface area contributed by atoms with Crippen molar-refractivity contribution < 1.29 is 18.0 Å². The number of benzene rings is 2. The first kappa shape index (κ1) is 17.7. The van der Waals surface area contributed by atoms with E-state index >= 15 is 0 Å². The van der Waals surface area contributed by atoms with Crippen molar-refractivity contribution in [3.8, 4) is 0 Å². The van der Waals surface area contributed by atoms with Crippen LogP contribution in [-0.4, -0.2) is 15.5 Å². The van der Waals surface area contributed by atoms with Crippen LogP contribution >= 0.6 is 0 Å². The fraction of sp³-hybridized carbons (Fsp3) is 0.167. The molecule has 1 N–H and O–H groups in total. The van der Waals surface area contributed by atoms with Gasteiger partial charge in [-0.1, -0.05) is 18.2 Å². The first-order valence-corrected chi connectivity index (χ1v) is 7.69. The molecule has 2 aromatic carbocycles. The van der Waals surface area contributed by atoms with Crippen molar-refractivity contribution in [2.75, 3.05) is 5.32 Å². The summed E-state index contributed by atoms with van der Waals surface area (Å²) in [7, 11) is 0. The molecule has 1 heterocycles. The summed E-state index contributed by atoms with van der Waals surface area (Å²) in [6.07, 6.45) is -4.50. The minimum Gasteiger partial charge on any atom is -0.325 e. The molecule has 0 spiro atoms. The van der Waals surface area contributed by atoms with Crippen LogP contribution in [0.4, 0.5) is 18.9 Å². The molecule has 0 aliphatic heterocycles. The topological polar surface area (TPSA) is 64.0 Å². The van der Waals surface area contributed by atoms with Crippen molar-refractivity contribution in [1.29, 1.82) is 0 Å². The Labute approximate surface area is 146 Å². The number of halogens is 3. The monoisotopic (exact) mass is 361 g/mol. The Balaban J connectivity index is 1.89. The van der Waals surface area contributed by atoms with Crippen molar-refractivity contribution in [3.63, 3.8) is 0 Å². The maximum atomic E-state index is 12.8. The number of rotatable bonds is 3. The van der Waals surface area contributed by atoms with Crippen LogP contribution in [0.2, 0.25) is 0 Å². The summed E-state index contributed by atoms with van der Waals surface area (Å²) < 4.78 is 39.5. The highest BCUT2D eigenvalue weighted by molar-refractivity contribution is 5.91. The van der Waals surface area contributed by atoms with Crippen molar-refractivity contribution in [1.82, 2.24) is 9.55 Å². The van der Waals surface area contributed by atoms with Gasteiger partial charge in [0, 0.05) is 5.69 Å². The zero-order chi connectivity index (χ0) is 18.9. The fourth-order valence-electron chi connectivity index (χ4n) is 2.59. The Morgan fingerprint density at radius 2 is 1.88 bits per heavy atom. The van der Waals surface area contributed by atoms with Crippen LogP contribution in [0, 0.1) is 6.92 Å². The number of aryl methyl sites for hydroxylation is 1. The molecule has 0 saturated heterocycles. The van der Waals surface area contributed by atoms with Crippen LogP contribution in [0.25, 0.3) is 11.0 Å². The van der Waals surface area contributed by atoms with E-state index in [2.05, 4.69) is 10.3 Å². The van der Waals surface area contributed by atoms with Gasteiger partial charge in [0.15, 0.2) is 0 Å². The first-order valence-electron chi connectivity index (χ1n) is 7.69. The van der Waals surface area contributed by atoms with E-state index < -0.39 is 23.2 Å². The molecular formula is C18H14F3N3O2. The number of alkyl halides is 3. The highest BCUT2D eigenvalue weighted by Gasteiger charge is 2.30. The maximum absolute atomic E-state index is 12.8. The number of nitrogens with one attached hydrogen (secondary N) is 1. The molecule has 0 aliphatic carbocycles. The summed E-state index contributed by atoms with van der Waals surface area (Å²) in [5.74, 6) is -0.609. The smallest absolute Gasteiger partial charge is 0.325 e. The van der Waals surface area contributed by atoms with Crippen LogP contribution in [0.3, 0.4) is 0 Å². The van der Waals surface area contributed by atoms with Crippen molar-refractivity contribution in [2.45, 2.75) is 19.6 Å². The lowest BCUT2D eigenvalue weighted by Gasteiger charge is -2.12. The molecule has 1 amide bonds. The van der Waals surface area contributed by atoms with Gasteiger partial charge < -0.3 is 5.32 Å². The molecule has 0 saturated carbocycles. The number of hydrogen-bond acceptors (Lipinski definition) is 3. The van der Waals surface area contributed by atoms with Gasteiger partial charge >= 0.3 is 6.18 Å². The number of amides is 1. The highest BCUT2D eigenvalue weighted by Crippen LogP contribution is 2.30. The van der Waals surface area contributed by atoms with Crippen LogP contribution < -0.4 is 10.9 Å². The zero-order valence-electron chi connectivity index (χ0n) is 13.7. The Kier molecular flexibility index (Phi) is 4.50. The SMILES string of the molecule is Cc1nc2ccccc2n(CC(=O)Nc2cccc(C(F)(F)F)c2)c1=O. The molecule has 0 bridgehead atoms. The second kappa shape index (κ2) is 6.62. The second-order valence-electron chi connectivity index (χ2n) is 5.70. The van der Waals surface area contributed by atoms with Gasteiger partial charge in [-0.25, -0.2) is 4.98 Å². The van der Waals surface area contributed by atoms with Gasteiger partial charge in [0.05, 0.1) is 16.6 Å². The largest absolute Gasteiger partial charge is 0.416 e. The van der Waals surface area contributed by atoms with Gasteiger partial charge in [0.25, 0.3) is 5.56 Å². The van der Waals surface area contributed by atoms with E-state index in [0.29, 0.717) is 11.0 Å². The van der Waals surface area contributed by atoms with Crippen LogP contribution in [0.15, 0.2) is 53.3 Å². The zero-order valence-corrected chi connectivity index (χ0v) is 13.7. The van der Waals surface area contributed by atoms with E-state index in [-0.39, 0.29) is 17.9 Å². The van der Waals surface area contributed by atoms with E-state index in [4.69, 9.17) is 0 Å². The van der Waals surface area contributed by atoms with Gasteiger partial charge in [-0.05, 0) is 37.3 Å². The van der Waals surface area contributed by atoms with Crippen molar-refractivity contribution in [3.05, 3.63) is 70.1 Å². The number of fused-ring (bicyclic) bond motifs is 1. The van der Waals surface area contributed by atoms with Gasteiger partial charge in [0.2, 0.25) is 5.91 Å². The molecule has 0 radical (unpaired) electrons. The summed E-state index contributed by atoms with van der Waals surface area (Å²) in [4.78, 5) is 28.8. The quantitative estimate of drug-likeness (QED) is 0.778. The molecule has 1 aromatic heterocycles.